The molecule has 0 aliphatic heterocycles. The van der Waals surface area contributed by atoms with Gasteiger partial charge in [0.1, 0.15) is 0 Å². The molecule has 0 saturated heterocycles. The van der Waals surface area contributed by atoms with Crippen LogP contribution in [-0.4, -0.2) is 0 Å². The summed E-state index contributed by atoms with van der Waals surface area (Å²) in [5, 5.41) is 0. The fourth-order valence-electron chi connectivity index (χ4n) is 1.72. The lowest BCUT2D eigenvalue weighted by atomic mass is 9.90. The van der Waals surface area contributed by atoms with Crippen molar-refractivity contribution >= 4 is 0 Å². The van der Waals surface area contributed by atoms with Gasteiger partial charge in [0, 0.05) is 5.56 Å². The van der Waals surface area contributed by atoms with Crippen LogP contribution in [0.2, 0.25) is 0 Å². The highest BCUT2D eigenvalue weighted by Gasteiger charge is 2.09. The highest BCUT2D eigenvalue weighted by Crippen LogP contribution is 2.24. The number of terminal acetylenes is 1. The topological polar surface area (TPSA) is 0 Å². The molecule has 0 aromatic heterocycles. The molecule has 0 heterocycles. The van der Waals surface area contributed by atoms with E-state index in [-0.39, 0.29) is 0 Å². The first kappa shape index (κ1) is 9.86. The first-order valence-electron chi connectivity index (χ1n) is 4.54. The van der Waals surface area contributed by atoms with Gasteiger partial charge in [0.05, 0.1) is 0 Å². The van der Waals surface area contributed by atoms with Gasteiger partial charge in [0.2, 0.25) is 0 Å². The predicted molar refractivity (Wildman–Crippen MR) is 58.1 cm³/mol. The van der Waals surface area contributed by atoms with Crippen molar-refractivity contribution in [2.75, 3.05) is 0 Å². The average molecular weight is 172 g/mol. The van der Waals surface area contributed by atoms with Gasteiger partial charge in [-0.2, -0.15) is 0 Å². The molecule has 0 nitrogen and oxygen atoms in total. The molecule has 1 aromatic carbocycles. The summed E-state index contributed by atoms with van der Waals surface area (Å²) in [5.74, 6) is 2.77. The molecule has 1 aromatic rings. The minimum atomic E-state index is 1.07. The molecule has 0 unspecified atom stereocenters. The third-order valence-electron chi connectivity index (χ3n) is 3.14. The lowest BCUT2D eigenvalue weighted by Gasteiger charge is -2.14. The van der Waals surface area contributed by atoms with Crippen molar-refractivity contribution in [3.63, 3.8) is 0 Å². The van der Waals surface area contributed by atoms with E-state index < -0.39 is 0 Å². The van der Waals surface area contributed by atoms with Crippen LogP contribution in [0.3, 0.4) is 0 Å². The monoisotopic (exact) mass is 172 g/mol. The van der Waals surface area contributed by atoms with Crippen molar-refractivity contribution in [1.82, 2.24) is 0 Å². The van der Waals surface area contributed by atoms with Crippen LogP contribution in [0.25, 0.3) is 0 Å². The van der Waals surface area contributed by atoms with E-state index in [1.165, 1.54) is 27.8 Å². The summed E-state index contributed by atoms with van der Waals surface area (Å²) in [4.78, 5) is 0. The minimum Gasteiger partial charge on any atom is -0.115 e. The molecule has 0 saturated carbocycles. The van der Waals surface area contributed by atoms with Crippen LogP contribution in [0.15, 0.2) is 0 Å². The smallest absolute Gasteiger partial charge is 0.0306 e. The predicted octanol–water partition coefficient (Wildman–Crippen LogP) is 3.21. The standard InChI is InChI=1S/C13H16/c1-7-13-11(5)9(3)8(2)10(4)12(13)6/h1H,2-6H3. The van der Waals surface area contributed by atoms with E-state index >= 15 is 0 Å². The van der Waals surface area contributed by atoms with Crippen LogP contribution in [0.4, 0.5) is 0 Å². The van der Waals surface area contributed by atoms with E-state index in [4.69, 9.17) is 6.42 Å². The Kier molecular flexibility index (Phi) is 2.48. The molecule has 0 aliphatic rings. The fourth-order valence-corrected chi connectivity index (χ4v) is 1.72. The van der Waals surface area contributed by atoms with Crippen molar-refractivity contribution in [3.8, 4) is 12.3 Å². The summed E-state index contributed by atoms with van der Waals surface area (Å²) in [6.07, 6.45) is 5.49. The summed E-state index contributed by atoms with van der Waals surface area (Å²) in [6.45, 7) is 10.6. The summed E-state index contributed by atoms with van der Waals surface area (Å²) in [6, 6.07) is 0. The van der Waals surface area contributed by atoms with Crippen LogP contribution in [0.5, 0.6) is 0 Å². The quantitative estimate of drug-likeness (QED) is 0.527. The Morgan fingerprint density at radius 1 is 0.692 bits per heavy atom. The molecule has 0 amide bonds. The Balaban J connectivity index is 3.69. The highest BCUT2D eigenvalue weighted by atomic mass is 14.1. The minimum absolute atomic E-state index is 1.07. The van der Waals surface area contributed by atoms with Gasteiger partial charge >= 0.3 is 0 Å². The van der Waals surface area contributed by atoms with E-state index in [1.54, 1.807) is 0 Å². The Morgan fingerprint density at radius 3 is 1.31 bits per heavy atom. The van der Waals surface area contributed by atoms with E-state index in [9.17, 15) is 0 Å². The lowest BCUT2D eigenvalue weighted by molar-refractivity contribution is 1.16. The molecule has 0 spiro atoms. The van der Waals surface area contributed by atoms with Gasteiger partial charge in [0.25, 0.3) is 0 Å². The maximum absolute atomic E-state index is 5.49. The van der Waals surface area contributed by atoms with Gasteiger partial charge in [-0.1, -0.05) is 5.92 Å². The van der Waals surface area contributed by atoms with Gasteiger partial charge in [0.15, 0.2) is 0 Å². The molecule has 68 valence electrons. The third kappa shape index (κ3) is 1.35. The molecule has 0 atom stereocenters. The van der Waals surface area contributed by atoms with Gasteiger partial charge < -0.3 is 0 Å². The molecule has 0 radical (unpaired) electrons. The molecule has 1 rings (SSSR count). The number of rotatable bonds is 0. The zero-order valence-electron chi connectivity index (χ0n) is 9.08. The Hall–Kier alpha value is -1.22. The molecule has 0 heteroatoms. The molecular formula is C13H16. The second-order valence-electron chi connectivity index (χ2n) is 3.64. The van der Waals surface area contributed by atoms with Crippen molar-refractivity contribution in [3.05, 3.63) is 33.4 Å². The third-order valence-corrected chi connectivity index (χ3v) is 3.14. The van der Waals surface area contributed by atoms with E-state index in [0.29, 0.717) is 0 Å². The number of hydrogen-bond donors (Lipinski definition) is 0. The number of hydrogen-bond acceptors (Lipinski definition) is 0. The van der Waals surface area contributed by atoms with Crippen LogP contribution in [-0.2, 0) is 0 Å². The van der Waals surface area contributed by atoms with Crippen LogP contribution < -0.4 is 0 Å². The van der Waals surface area contributed by atoms with Crippen LogP contribution in [0, 0.1) is 47.0 Å². The number of benzene rings is 1. The summed E-state index contributed by atoms with van der Waals surface area (Å²) in [7, 11) is 0. The van der Waals surface area contributed by atoms with E-state index in [1.807, 2.05) is 0 Å². The second kappa shape index (κ2) is 3.26. The first-order chi connectivity index (χ1) is 6.00. The maximum Gasteiger partial charge on any atom is 0.0306 e. The van der Waals surface area contributed by atoms with Gasteiger partial charge in [-0.05, 0) is 62.4 Å². The zero-order valence-corrected chi connectivity index (χ0v) is 9.08. The van der Waals surface area contributed by atoms with Crippen molar-refractivity contribution in [2.24, 2.45) is 0 Å². The van der Waals surface area contributed by atoms with Gasteiger partial charge in [-0.15, -0.1) is 6.42 Å². The zero-order chi connectivity index (χ0) is 10.2. The van der Waals surface area contributed by atoms with Crippen molar-refractivity contribution in [1.29, 1.82) is 0 Å². The Labute approximate surface area is 81.0 Å². The van der Waals surface area contributed by atoms with Gasteiger partial charge in [-0.3, -0.25) is 0 Å². The molecular weight excluding hydrogens is 156 g/mol. The Bertz CT molecular complexity index is 360. The summed E-state index contributed by atoms with van der Waals surface area (Å²) in [5.41, 5.74) is 7.60. The van der Waals surface area contributed by atoms with Crippen LogP contribution in [0.1, 0.15) is 33.4 Å². The van der Waals surface area contributed by atoms with Gasteiger partial charge in [-0.25, -0.2) is 0 Å². The fraction of sp³-hybridized carbons (Fsp3) is 0.385. The summed E-state index contributed by atoms with van der Waals surface area (Å²) < 4.78 is 0. The van der Waals surface area contributed by atoms with Crippen molar-refractivity contribution in [2.45, 2.75) is 34.6 Å². The second-order valence-corrected chi connectivity index (χ2v) is 3.64. The highest BCUT2D eigenvalue weighted by molar-refractivity contribution is 5.55. The van der Waals surface area contributed by atoms with Crippen molar-refractivity contribution < 1.29 is 0 Å². The molecule has 0 bridgehead atoms. The first-order valence-corrected chi connectivity index (χ1v) is 4.54. The molecule has 0 aliphatic carbocycles. The summed E-state index contributed by atoms with van der Waals surface area (Å²) >= 11 is 0. The van der Waals surface area contributed by atoms with Crippen LogP contribution >= 0.6 is 0 Å². The normalized spacial score (nSPS) is 9.85. The maximum atomic E-state index is 5.49. The lowest BCUT2D eigenvalue weighted by Crippen LogP contribution is -1.99. The average Bonchev–Trinajstić information content (AvgIpc) is 2.13. The molecule has 13 heavy (non-hydrogen) atoms. The largest absolute Gasteiger partial charge is 0.115 e. The molecule has 0 fully saturated rings. The SMILES string of the molecule is C#Cc1c(C)c(C)c(C)c(C)c1C. The Morgan fingerprint density at radius 2 is 1.00 bits per heavy atom. The van der Waals surface area contributed by atoms with E-state index in [2.05, 4.69) is 40.5 Å². The molecule has 0 N–H and O–H groups in total. The van der Waals surface area contributed by atoms with E-state index in [0.717, 1.165) is 5.56 Å².